The minimum atomic E-state index is -0.823. The van der Waals surface area contributed by atoms with Crippen LogP contribution >= 0.6 is 0 Å². The lowest BCUT2D eigenvalue weighted by Crippen LogP contribution is -2.48. The first kappa shape index (κ1) is 23.7. The van der Waals surface area contributed by atoms with E-state index in [1.54, 1.807) is 6.07 Å². The molecule has 5 nitrogen and oxygen atoms in total. The van der Waals surface area contributed by atoms with Crippen molar-refractivity contribution in [2.75, 3.05) is 19.7 Å². The number of aliphatic hydroxyl groups excluding tert-OH is 1. The Balaban J connectivity index is 1.50. The van der Waals surface area contributed by atoms with Crippen LogP contribution in [-0.2, 0) is 16.8 Å². The van der Waals surface area contributed by atoms with E-state index >= 15 is 0 Å². The second-order valence-corrected chi connectivity index (χ2v) is 10.2. The van der Waals surface area contributed by atoms with Crippen LogP contribution in [-0.4, -0.2) is 45.7 Å². The zero-order chi connectivity index (χ0) is 24.8. The van der Waals surface area contributed by atoms with Gasteiger partial charge in [-0.05, 0) is 53.5 Å². The maximum Gasteiger partial charge on any atom is 0.159 e. The summed E-state index contributed by atoms with van der Waals surface area (Å²) in [6, 6.07) is 15.3. The van der Waals surface area contributed by atoms with Crippen molar-refractivity contribution in [2.45, 2.75) is 44.6 Å². The monoisotopic (exact) mass is 477 g/mol. The van der Waals surface area contributed by atoms with Gasteiger partial charge in [-0.25, -0.2) is 8.78 Å². The van der Waals surface area contributed by atoms with Crippen LogP contribution in [0.15, 0.2) is 54.6 Å². The normalized spacial score (nSPS) is 21.9. The molecule has 1 saturated carbocycles. The van der Waals surface area contributed by atoms with Gasteiger partial charge in [0.15, 0.2) is 5.78 Å². The van der Waals surface area contributed by atoms with E-state index in [0.717, 1.165) is 17.5 Å². The molecule has 0 amide bonds. The number of halogens is 2. The number of nitrogens with zero attached hydrogens (tertiary/aromatic N) is 3. The van der Waals surface area contributed by atoms with E-state index in [2.05, 4.69) is 24.0 Å². The van der Waals surface area contributed by atoms with E-state index in [-0.39, 0.29) is 36.1 Å². The van der Waals surface area contributed by atoms with E-state index in [1.807, 2.05) is 35.2 Å². The van der Waals surface area contributed by atoms with Crippen LogP contribution in [0.3, 0.4) is 0 Å². The molecule has 0 spiro atoms. The molecule has 0 unspecified atom stereocenters. The Bertz CT molecular complexity index is 1240. The molecule has 1 heterocycles. The summed E-state index contributed by atoms with van der Waals surface area (Å²) < 4.78 is 28.9. The predicted molar refractivity (Wildman–Crippen MR) is 129 cm³/mol. The second-order valence-electron chi connectivity index (χ2n) is 10.2. The maximum atomic E-state index is 14.4. The number of ketones is 1. The molecule has 2 aliphatic carbocycles. The molecule has 0 radical (unpaired) electrons. The molecular weight excluding hydrogens is 448 g/mol. The lowest BCUT2D eigenvalue weighted by atomic mass is 9.65. The highest BCUT2D eigenvalue weighted by Gasteiger charge is 2.66. The number of aliphatic hydroxyl groups is 1. The number of Topliss-reactive ketones (excluding diaryl/α,β-unsaturated/α-hetero) is 1. The summed E-state index contributed by atoms with van der Waals surface area (Å²) in [4.78, 5) is 16.0. The number of aromatic nitrogens is 2. The van der Waals surface area contributed by atoms with Crippen molar-refractivity contribution < 1.29 is 18.7 Å². The van der Waals surface area contributed by atoms with Gasteiger partial charge in [-0.3, -0.25) is 9.69 Å². The van der Waals surface area contributed by atoms with E-state index in [0.29, 0.717) is 25.2 Å². The molecule has 35 heavy (non-hydrogen) atoms. The Morgan fingerprint density at radius 1 is 1.09 bits per heavy atom. The quantitative estimate of drug-likeness (QED) is 0.512. The predicted octanol–water partition coefficient (Wildman–Crippen LogP) is 4.64. The van der Waals surface area contributed by atoms with Gasteiger partial charge in [-0.15, -0.1) is 5.10 Å². The van der Waals surface area contributed by atoms with E-state index < -0.39 is 22.5 Å². The van der Waals surface area contributed by atoms with Gasteiger partial charge in [0.2, 0.25) is 0 Å². The number of benzene rings is 2. The minimum Gasteiger partial charge on any atom is -0.395 e. The lowest BCUT2D eigenvalue weighted by molar-refractivity contribution is -0.129. The molecule has 2 aromatic carbocycles. The first-order chi connectivity index (χ1) is 16.8. The third-order valence-electron chi connectivity index (χ3n) is 8.11. The molecule has 1 fully saturated rings. The summed E-state index contributed by atoms with van der Waals surface area (Å²) in [6.07, 6.45) is 1.46. The summed E-state index contributed by atoms with van der Waals surface area (Å²) in [6.45, 7) is 5.23. The maximum absolute atomic E-state index is 14.4. The van der Waals surface area contributed by atoms with Gasteiger partial charge in [0, 0.05) is 13.1 Å². The number of hydrogen-bond donors (Lipinski definition) is 1. The third-order valence-corrected chi connectivity index (χ3v) is 8.11. The number of carbonyl (C=O) groups is 1. The van der Waals surface area contributed by atoms with Crippen molar-refractivity contribution in [2.24, 2.45) is 5.41 Å². The zero-order valence-corrected chi connectivity index (χ0v) is 20.0. The third kappa shape index (κ3) is 3.69. The summed E-state index contributed by atoms with van der Waals surface area (Å²) in [7, 11) is 0. The van der Waals surface area contributed by atoms with Crippen LogP contribution in [0.25, 0.3) is 11.3 Å². The number of hydrogen-bond acceptors (Lipinski definition) is 5. The second kappa shape index (κ2) is 8.88. The number of fused-ring (bicyclic) bond motifs is 5. The molecule has 7 heteroatoms. The average Bonchev–Trinajstić information content (AvgIpc) is 3.21. The van der Waals surface area contributed by atoms with Gasteiger partial charge < -0.3 is 5.11 Å². The molecule has 2 bridgehead atoms. The molecule has 182 valence electrons. The van der Waals surface area contributed by atoms with Gasteiger partial charge in [-0.1, -0.05) is 50.2 Å². The van der Waals surface area contributed by atoms with E-state index in [9.17, 15) is 18.7 Å². The van der Waals surface area contributed by atoms with Crippen LogP contribution in [0.4, 0.5) is 8.78 Å². The van der Waals surface area contributed by atoms with Gasteiger partial charge in [0.25, 0.3) is 0 Å². The van der Waals surface area contributed by atoms with Crippen LogP contribution in [0, 0.1) is 17.0 Å². The molecule has 0 saturated heterocycles. The highest BCUT2D eigenvalue weighted by molar-refractivity contribution is 5.95. The van der Waals surface area contributed by atoms with Crippen LogP contribution in [0.5, 0.6) is 0 Å². The fraction of sp³-hybridized carbons (Fsp3) is 0.393. The average molecular weight is 478 g/mol. The molecule has 1 N–H and O–H groups in total. The molecule has 2 aliphatic rings. The topological polar surface area (TPSA) is 66.3 Å². The van der Waals surface area contributed by atoms with Gasteiger partial charge in [-0.2, -0.15) is 5.10 Å². The Hall–Kier alpha value is -3.03. The summed E-state index contributed by atoms with van der Waals surface area (Å²) in [5, 5.41) is 18.3. The van der Waals surface area contributed by atoms with Crippen LogP contribution in [0.2, 0.25) is 0 Å². The molecule has 2 atom stereocenters. The summed E-state index contributed by atoms with van der Waals surface area (Å²) in [5.41, 5.74) is 1.28. The van der Waals surface area contributed by atoms with Crippen LogP contribution in [0.1, 0.15) is 49.4 Å². The first-order valence-corrected chi connectivity index (χ1v) is 12.0. The fourth-order valence-electron chi connectivity index (χ4n) is 6.34. The summed E-state index contributed by atoms with van der Waals surface area (Å²) >= 11 is 0. The molecule has 1 aromatic heterocycles. The lowest BCUT2D eigenvalue weighted by Gasteiger charge is -2.37. The molecule has 0 aliphatic heterocycles. The van der Waals surface area contributed by atoms with Crippen molar-refractivity contribution >= 4 is 5.78 Å². The Kier molecular flexibility index (Phi) is 6.01. The van der Waals surface area contributed by atoms with Crippen molar-refractivity contribution in [3.63, 3.8) is 0 Å². The van der Waals surface area contributed by atoms with Crippen molar-refractivity contribution in [1.82, 2.24) is 15.1 Å². The highest BCUT2D eigenvalue weighted by Crippen LogP contribution is 2.67. The Morgan fingerprint density at radius 3 is 2.49 bits per heavy atom. The standard InChI is InChI=1S/C28H29F2N3O2/c1-27(2)20-11-12-28(27,24(35)17-33(13-14-34)16-18-7-4-3-5-8-18)26-19(20)15-23(31-32-26)25-21(29)9-6-10-22(25)30/h3-10,15,20,34H,11-14,16-17H2,1-2H3/t20-,28-/m0/s1. The fourth-order valence-corrected chi connectivity index (χ4v) is 6.34. The van der Waals surface area contributed by atoms with Gasteiger partial charge >= 0.3 is 0 Å². The Labute approximate surface area is 203 Å². The smallest absolute Gasteiger partial charge is 0.159 e. The largest absolute Gasteiger partial charge is 0.395 e. The molecule has 3 aromatic rings. The molecular formula is C28H29F2N3O2. The van der Waals surface area contributed by atoms with Crippen molar-refractivity contribution in [1.29, 1.82) is 0 Å². The zero-order valence-electron chi connectivity index (χ0n) is 20.0. The SMILES string of the molecule is CC1(C)[C@H]2CC[C@]1(C(=O)CN(CCO)Cc1ccccc1)c1nnc(-c3c(F)cccc3F)cc12. The highest BCUT2D eigenvalue weighted by atomic mass is 19.1. The van der Waals surface area contributed by atoms with Crippen molar-refractivity contribution in [3.05, 3.63) is 83.1 Å². The van der Waals surface area contributed by atoms with E-state index in [1.165, 1.54) is 18.2 Å². The minimum absolute atomic E-state index is 0.0472. The van der Waals surface area contributed by atoms with Gasteiger partial charge in [0.1, 0.15) is 11.6 Å². The summed E-state index contributed by atoms with van der Waals surface area (Å²) in [5.74, 6) is -1.28. The Morgan fingerprint density at radius 2 is 1.80 bits per heavy atom. The number of carbonyl (C=O) groups excluding carboxylic acids is 1. The first-order valence-electron chi connectivity index (χ1n) is 12.0. The molecule has 5 rings (SSSR count). The van der Waals surface area contributed by atoms with Crippen LogP contribution < -0.4 is 0 Å². The van der Waals surface area contributed by atoms with Crippen molar-refractivity contribution in [3.8, 4) is 11.3 Å². The van der Waals surface area contributed by atoms with E-state index in [4.69, 9.17) is 0 Å². The van der Waals surface area contributed by atoms with Gasteiger partial charge in [0.05, 0.1) is 35.5 Å². The number of rotatable bonds is 8.